The molecule has 1 rings (SSSR count). The molecule has 0 heterocycles. The third kappa shape index (κ3) is 6.20. The minimum Gasteiger partial charge on any atom is -0.598 e. The molecular formula is C15H23F2NO2S. The van der Waals surface area contributed by atoms with Gasteiger partial charge in [0.15, 0.2) is 0 Å². The van der Waals surface area contributed by atoms with Crippen molar-refractivity contribution in [2.75, 3.05) is 0 Å². The van der Waals surface area contributed by atoms with Gasteiger partial charge >= 0.3 is 6.61 Å². The van der Waals surface area contributed by atoms with Crippen molar-refractivity contribution >= 4 is 11.4 Å². The monoisotopic (exact) mass is 319 g/mol. The van der Waals surface area contributed by atoms with Crippen LogP contribution in [0.4, 0.5) is 8.78 Å². The normalized spacial score (nSPS) is 15.0. The molecule has 2 atom stereocenters. The highest BCUT2D eigenvalue weighted by atomic mass is 32.2. The van der Waals surface area contributed by atoms with Gasteiger partial charge in [-0.25, -0.2) is 0 Å². The second-order valence-electron chi connectivity index (χ2n) is 5.79. The second kappa shape index (κ2) is 7.96. The number of rotatable bonds is 7. The van der Waals surface area contributed by atoms with Crippen molar-refractivity contribution in [3.8, 4) is 5.75 Å². The van der Waals surface area contributed by atoms with Gasteiger partial charge in [-0.2, -0.15) is 8.78 Å². The summed E-state index contributed by atoms with van der Waals surface area (Å²) in [5, 5.41) is 0. The molecule has 0 amide bonds. The van der Waals surface area contributed by atoms with E-state index in [4.69, 9.17) is 0 Å². The molecular weight excluding hydrogens is 296 g/mol. The van der Waals surface area contributed by atoms with Gasteiger partial charge in [0, 0.05) is 11.4 Å². The van der Waals surface area contributed by atoms with E-state index in [2.05, 4.69) is 9.46 Å². The van der Waals surface area contributed by atoms with Crippen LogP contribution >= 0.6 is 0 Å². The molecule has 3 nitrogen and oxygen atoms in total. The first kappa shape index (κ1) is 18.2. The summed E-state index contributed by atoms with van der Waals surface area (Å²) in [7, 11) is 0. The zero-order valence-corrected chi connectivity index (χ0v) is 13.7. The lowest BCUT2D eigenvalue weighted by Gasteiger charge is -2.28. The van der Waals surface area contributed by atoms with Crippen molar-refractivity contribution in [3.05, 3.63) is 29.8 Å². The zero-order valence-electron chi connectivity index (χ0n) is 12.9. The molecule has 0 aliphatic rings. The number of nitrogens with one attached hydrogen (secondary N) is 1. The van der Waals surface area contributed by atoms with Gasteiger partial charge in [-0.1, -0.05) is 25.5 Å². The van der Waals surface area contributed by atoms with E-state index in [-0.39, 0.29) is 16.5 Å². The van der Waals surface area contributed by atoms with E-state index in [1.807, 2.05) is 33.8 Å². The molecule has 0 aromatic heterocycles. The average molecular weight is 319 g/mol. The maximum absolute atomic E-state index is 12.3. The number of halogens is 2. The van der Waals surface area contributed by atoms with Crippen molar-refractivity contribution in [2.45, 2.75) is 57.9 Å². The minimum absolute atomic E-state index is 0.118. The predicted octanol–water partition coefficient (Wildman–Crippen LogP) is 4.18. The van der Waals surface area contributed by atoms with Crippen LogP contribution in [-0.2, 0) is 11.4 Å². The van der Waals surface area contributed by atoms with Gasteiger partial charge in [-0.05, 0) is 44.9 Å². The summed E-state index contributed by atoms with van der Waals surface area (Å²) in [5.74, 6) is 0.118. The van der Waals surface area contributed by atoms with E-state index in [1.54, 1.807) is 12.1 Å². The molecule has 1 aromatic carbocycles. The van der Waals surface area contributed by atoms with Crippen LogP contribution in [0.5, 0.6) is 5.75 Å². The molecule has 0 saturated heterocycles. The summed E-state index contributed by atoms with van der Waals surface area (Å²) in [6.07, 6.45) is 1.65. The Balaban J connectivity index is 2.89. The fourth-order valence-corrected chi connectivity index (χ4v) is 2.66. The molecule has 0 fully saturated rings. The zero-order chi connectivity index (χ0) is 16.0. The fraction of sp³-hybridized carbons (Fsp3) is 0.600. The Hall–Kier alpha value is -0.850. The van der Waals surface area contributed by atoms with E-state index >= 15 is 0 Å². The van der Waals surface area contributed by atoms with Gasteiger partial charge in [0.1, 0.15) is 10.5 Å². The van der Waals surface area contributed by atoms with Gasteiger partial charge in [0.25, 0.3) is 0 Å². The van der Waals surface area contributed by atoms with Crippen LogP contribution in [0.15, 0.2) is 24.3 Å². The summed E-state index contributed by atoms with van der Waals surface area (Å²) < 4.78 is 43.9. The Morgan fingerprint density at radius 1 is 1.33 bits per heavy atom. The first-order valence-electron chi connectivity index (χ1n) is 6.97. The maximum Gasteiger partial charge on any atom is 0.387 e. The highest BCUT2D eigenvalue weighted by molar-refractivity contribution is 7.90. The predicted molar refractivity (Wildman–Crippen MR) is 81.8 cm³/mol. The Labute approximate surface area is 128 Å². The SMILES string of the molecule is CCCC(N[S+]([O-])C(C)(C)C)c1cccc(OC(F)F)c1. The van der Waals surface area contributed by atoms with Gasteiger partial charge < -0.3 is 9.29 Å². The van der Waals surface area contributed by atoms with Crippen molar-refractivity contribution in [3.63, 3.8) is 0 Å². The third-order valence-electron chi connectivity index (χ3n) is 2.87. The summed E-state index contributed by atoms with van der Waals surface area (Å²) >= 11 is -1.23. The summed E-state index contributed by atoms with van der Waals surface area (Å²) in [6.45, 7) is 4.83. The Morgan fingerprint density at radius 2 is 2.00 bits per heavy atom. The molecule has 0 bridgehead atoms. The first-order chi connectivity index (χ1) is 9.74. The Kier molecular flexibility index (Phi) is 6.90. The van der Waals surface area contributed by atoms with E-state index in [0.717, 1.165) is 18.4 Å². The maximum atomic E-state index is 12.3. The molecule has 1 aromatic rings. The summed E-state index contributed by atoms with van der Waals surface area (Å²) in [5.41, 5.74) is 0.799. The van der Waals surface area contributed by atoms with E-state index in [9.17, 15) is 13.3 Å². The van der Waals surface area contributed by atoms with Gasteiger partial charge in [-0.3, -0.25) is 0 Å². The van der Waals surface area contributed by atoms with Crippen molar-refractivity contribution in [1.82, 2.24) is 4.72 Å². The number of ether oxygens (including phenoxy) is 1. The van der Waals surface area contributed by atoms with Crippen LogP contribution in [0.2, 0.25) is 0 Å². The molecule has 21 heavy (non-hydrogen) atoms. The van der Waals surface area contributed by atoms with Crippen LogP contribution in [0.1, 0.15) is 52.1 Å². The number of benzene rings is 1. The molecule has 6 heteroatoms. The fourth-order valence-electron chi connectivity index (χ4n) is 1.80. The lowest BCUT2D eigenvalue weighted by Crippen LogP contribution is -2.41. The Bertz CT molecular complexity index is 438. The topological polar surface area (TPSA) is 44.3 Å². The van der Waals surface area contributed by atoms with Gasteiger partial charge in [0.2, 0.25) is 0 Å². The highest BCUT2D eigenvalue weighted by Crippen LogP contribution is 2.26. The van der Waals surface area contributed by atoms with Gasteiger partial charge in [0.05, 0.1) is 6.04 Å². The lowest BCUT2D eigenvalue weighted by molar-refractivity contribution is -0.0499. The minimum atomic E-state index is -2.85. The van der Waals surface area contributed by atoms with Crippen LogP contribution in [0.3, 0.4) is 0 Å². The van der Waals surface area contributed by atoms with Crippen molar-refractivity contribution < 1.29 is 18.1 Å². The molecule has 0 spiro atoms. The van der Waals surface area contributed by atoms with E-state index < -0.39 is 18.0 Å². The van der Waals surface area contributed by atoms with Crippen molar-refractivity contribution in [2.24, 2.45) is 0 Å². The second-order valence-corrected chi connectivity index (χ2v) is 7.79. The lowest BCUT2D eigenvalue weighted by atomic mass is 10.0. The van der Waals surface area contributed by atoms with Crippen LogP contribution in [0.25, 0.3) is 0 Å². The molecule has 0 radical (unpaired) electrons. The molecule has 0 saturated carbocycles. The smallest absolute Gasteiger partial charge is 0.387 e. The average Bonchev–Trinajstić information content (AvgIpc) is 2.36. The molecule has 0 aliphatic heterocycles. The van der Waals surface area contributed by atoms with Crippen LogP contribution < -0.4 is 9.46 Å². The highest BCUT2D eigenvalue weighted by Gasteiger charge is 2.29. The number of alkyl halides is 2. The van der Waals surface area contributed by atoms with Crippen molar-refractivity contribution in [1.29, 1.82) is 0 Å². The van der Waals surface area contributed by atoms with Crippen LogP contribution in [-0.4, -0.2) is 15.9 Å². The summed E-state index contributed by atoms with van der Waals surface area (Å²) in [4.78, 5) is 0. The quantitative estimate of drug-likeness (QED) is 0.767. The first-order valence-corrected chi connectivity index (χ1v) is 8.12. The van der Waals surface area contributed by atoms with E-state index in [0.29, 0.717) is 0 Å². The standard InChI is InChI=1S/C15H23F2NO2S/c1-5-7-13(18-21(19)15(2,3)4)11-8-6-9-12(10-11)20-14(16)17/h6,8-10,13-14,18H,5,7H2,1-4H3. The number of hydrogen-bond donors (Lipinski definition) is 1. The largest absolute Gasteiger partial charge is 0.598 e. The molecule has 1 N–H and O–H groups in total. The van der Waals surface area contributed by atoms with Gasteiger partial charge in [-0.15, -0.1) is 4.72 Å². The summed E-state index contributed by atoms with van der Waals surface area (Å²) in [6, 6.07) is 6.39. The molecule has 0 aliphatic carbocycles. The number of hydrogen-bond acceptors (Lipinski definition) is 3. The third-order valence-corrected chi connectivity index (χ3v) is 4.48. The molecule has 120 valence electrons. The van der Waals surface area contributed by atoms with E-state index in [1.165, 1.54) is 6.07 Å². The Morgan fingerprint density at radius 3 is 2.52 bits per heavy atom. The molecule has 2 unspecified atom stereocenters. The van der Waals surface area contributed by atoms with Crippen LogP contribution in [0, 0.1) is 0 Å².